The molecule has 150 valence electrons. The normalized spacial score (nSPS) is 17.4. The number of nitriles is 1. The predicted molar refractivity (Wildman–Crippen MR) is 109 cm³/mol. The molecule has 1 aliphatic heterocycles. The van der Waals surface area contributed by atoms with Gasteiger partial charge in [-0.25, -0.2) is 4.98 Å². The van der Waals surface area contributed by atoms with E-state index >= 15 is 0 Å². The summed E-state index contributed by atoms with van der Waals surface area (Å²) in [6.07, 6.45) is 4.31. The molecule has 0 unspecified atom stereocenters. The van der Waals surface area contributed by atoms with Crippen molar-refractivity contribution in [2.45, 2.75) is 31.8 Å². The van der Waals surface area contributed by atoms with Crippen LogP contribution in [0.25, 0.3) is 0 Å². The van der Waals surface area contributed by atoms with Crippen LogP contribution >= 0.6 is 0 Å². The molecule has 2 aliphatic rings. The first-order chi connectivity index (χ1) is 14.1. The van der Waals surface area contributed by atoms with Crippen molar-refractivity contribution in [3.05, 3.63) is 51.7 Å². The summed E-state index contributed by atoms with van der Waals surface area (Å²) in [6, 6.07) is 10.1. The van der Waals surface area contributed by atoms with Crippen LogP contribution in [-0.2, 0) is 6.54 Å². The molecule has 2 aromatic rings. The minimum atomic E-state index is -0.434. The molecule has 9 nitrogen and oxygen atoms in total. The van der Waals surface area contributed by atoms with E-state index in [-0.39, 0.29) is 11.7 Å². The Morgan fingerprint density at radius 3 is 2.69 bits per heavy atom. The number of nitrogens with zero attached hydrogens (tertiary/aromatic N) is 6. The van der Waals surface area contributed by atoms with Crippen molar-refractivity contribution < 1.29 is 4.92 Å². The lowest BCUT2D eigenvalue weighted by Gasteiger charge is -2.22. The quantitative estimate of drug-likeness (QED) is 0.589. The van der Waals surface area contributed by atoms with E-state index in [1.54, 1.807) is 0 Å². The first-order valence-corrected chi connectivity index (χ1v) is 9.86. The monoisotopic (exact) mass is 393 g/mol. The Bertz CT molecular complexity index is 921. The zero-order valence-corrected chi connectivity index (χ0v) is 16.1. The van der Waals surface area contributed by atoms with Crippen LogP contribution in [0.4, 0.5) is 17.5 Å². The Kier molecular flexibility index (Phi) is 5.53. The molecule has 2 fully saturated rings. The van der Waals surface area contributed by atoms with E-state index in [1.165, 1.54) is 11.8 Å². The number of benzene rings is 1. The van der Waals surface area contributed by atoms with Crippen molar-refractivity contribution in [3.8, 4) is 6.07 Å². The van der Waals surface area contributed by atoms with Crippen molar-refractivity contribution in [2.24, 2.45) is 0 Å². The van der Waals surface area contributed by atoms with E-state index in [0.717, 1.165) is 52.0 Å². The maximum absolute atomic E-state index is 11.3. The first kappa shape index (κ1) is 19.1. The van der Waals surface area contributed by atoms with E-state index in [4.69, 9.17) is 5.26 Å². The standard InChI is InChI=1S/C20H23N7O2/c21-12-15-2-4-16(5-3-15)14-25-8-1-9-26(11-10-25)20-22-13-18(27(28)29)19(24-20)23-17-6-7-17/h2-5,13,17H,1,6-11,14H2,(H,22,23,24). The summed E-state index contributed by atoms with van der Waals surface area (Å²) in [7, 11) is 0. The van der Waals surface area contributed by atoms with Gasteiger partial charge >= 0.3 is 5.69 Å². The second kappa shape index (κ2) is 8.41. The van der Waals surface area contributed by atoms with Gasteiger partial charge in [0.15, 0.2) is 0 Å². The Hall–Kier alpha value is -3.25. The van der Waals surface area contributed by atoms with Crippen LogP contribution in [0.2, 0.25) is 0 Å². The van der Waals surface area contributed by atoms with E-state index < -0.39 is 4.92 Å². The zero-order chi connectivity index (χ0) is 20.2. The summed E-state index contributed by atoms with van der Waals surface area (Å²) in [5.74, 6) is 0.861. The molecule has 1 aromatic heterocycles. The van der Waals surface area contributed by atoms with Crippen LogP contribution in [0, 0.1) is 21.4 Å². The maximum Gasteiger partial charge on any atom is 0.329 e. The molecule has 4 rings (SSSR count). The van der Waals surface area contributed by atoms with E-state index in [9.17, 15) is 10.1 Å². The van der Waals surface area contributed by atoms with Crippen LogP contribution in [0.5, 0.6) is 0 Å². The summed E-state index contributed by atoms with van der Waals surface area (Å²) in [5.41, 5.74) is 1.78. The van der Waals surface area contributed by atoms with Gasteiger partial charge in [0.05, 0.1) is 16.6 Å². The van der Waals surface area contributed by atoms with Crippen molar-refractivity contribution in [1.29, 1.82) is 5.26 Å². The topological polar surface area (TPSA) is 111 Å². The first-order valence-electron chi connectivity index (χ1n) is 9.86. The maximum atomic E-state index is 11.3. The van der Waals surface area contributed by atoms with Gasteiger partial charge in [-0.1, -0.05) is 12.1 Å². The van der Waals surface area contributed by atoms with Gasteiger partial charge in [0, 0.05) is 38.8 Å². The fourth-order valence-electron chi connectivity index (χ4n) is 3.45. The summed E-state index contributed by atoms with van der Waals surface area (Å²) < 4.78 is 0. The molecule has 0 spiro atoms. The van der Waals surface area contributed by atoms with E-state index in [0.29, 0.717) is 17.3 Å². The summed E-state index contributed by atoms with van der Waals surface area (Å²) in [5, 5.41) is 23.4. The van der Waals surface area contributed by atoms with Gasteiger partial charge in [-0.2, -0.15) is 10.2 Å². The predicted octanol–water partition coefficient (Wildman–Crippen LogP) is 2.54. The number of nitro groups is 1. The number of aromatic nitrogens is 2. The average molecular weight is 393 g/mol. The lowest BCUT2D eigenvalue weighted by atomic mass is 10.1. The number of anilines is 2. The van der Waals surface area contributed by atoms with Crippen LogP contribution in [0.1, 0.15) is 30.4 Å². The zero-order valence-electron chi connectivity index (χ0n) is 16.1. The van der Waals surface area contributed by atoms with Crippen LogP contribution < -0.4 is 10.2 Å². The highest BCUT2D eigenvalue weighted by molar-refractivity contribution is 5.58. The molecular formula is C20H23N7O2. The SMILES string of the molecule is N#Cc1ccc(CN2CCCN(c3ncc([N+](=O)[O-])c(NC4CC4)n3)CC2)cc1. The number of rotatable bonds is 6. The van der Waals surface area contributed by atoms with Crippen LogP contribution in [-0.4, -0.2) is 52.0 Å². The lowest BCUT2D eigenvalue weighted by Crippen LogP contribution is -2.31. The molecule has 1 aromatic carbocycles. The highest BCUT2D eigenvalue weighted by Crippen LogP contribution is 2.30. The smallest absolute Gasteiger partial charge is 0.329 e. The van der Waals surface area contributed by atoms with Gasteiger partial charge in [0.1, 0.15) is 6.20 Å². The van der Waals surface area contributed by atoms with Gasteiger partial charge in [0.2, 0.25) is 11.8 Å². The fraction of sp³-hybridized carbons (Fsp3) is 0.450. The van der Waals surface area contributed by atoms with Crippen LogP contribution in [0.3, 0.4) is 0 Å². The summed E-state index contributed by atoms with van der Waals surface area (Å²) >= 11 is 0. The van der Waals surface area contributed by atoms with Gasteiger partial charge in [-0.15, -0.1) is 0 Å². The number of nitrogens with one attached hydrogen (secondary N) is 1. The second-order valence-corrected chi connectivity index (χ2v) is 7.51. The highest BCUT2D eigenvalue weighted by atomic mass is 16.6. The Morgan fingerprint density at radius 1 is 1.21 bits per heavy atom. The van der Waals surface area contributed by atoms with Crippen molar-refractivity contribution in [1.82, 2.24) is 14.9 Å². The molecule has 1 saturated heterocycles. The minimum Gasteiger partial charge on any atom is -0.361 e. The van der Waals surface area contributed by atoms with Crippen molar-refractivity contribution >= 4 is 17.5 Å². The third-order valence-electron chi connectivity index (χ3n) is 5.23. The Balaban J connectivity index is 1.42. The number of hydrogen-bond donors (Lipinski definition) is 1. The van der Waals surface area contributed by atoms with Gasteiger partial charge in [0.25, 0.3) is 0 Å². The Labute approximate surface area is 169 Å². The third kappa shape index (κ3) is 4.78. The van der Waals surface area contributed by atoms with Crippen molar-refractivity contribution in [3.63, 3.8) is 0 Å². The third-order valence-corrected chi connectivity index (χ3v) is 5.23. The van der Waals surface area contributed by atoms with Gasteiger partial charge < -0.3 is 10.2 Å². The molecule has 1 aliphatic carbocycles. The van der Waals surface area contributed by atoms with Crippen molar-refractivity contribution in [2.75, 3.05) is 36.4 Å². The average Bonchev–Trinajstić information content (AvgIpc) is 3.56. The van der Waals surface area contributed by atoms with E-state index in [1.807, 2.05) is 24.3 Å². The molecule has 2 heterocycles. The second-order valence-electron chi connectivity index (χ2n) is 7.51. The molecule has 1 N–H and O–H groups in total. The largest absolute Gasteiger partial charge is 0.361 e. The van der Waals surface area contributed by atoms with E-state index in [2.05, 4.69) is 31.2 Å². The minimum absolute atomic E-state index is 0.0714. The molecule has 0 atom stereocenters. The molecule has 29 heavy (non-hydrogen) atoms. The fourth-order valence-corrected chi connectivity index (χ4v) is 3.45. The van der Waals surface area contributed by atoms with Gasteiger partial charge in [-0.05, 0) is 37.0 Å². The Morgan fingerprint density at radius 2 is 2.00 bits per heavy atom. The molecule has 0 bridgehead atoms. The molecular weight excluding hydrogens is 370 g/mol. The summed E-state index contributed by atoms with van der Waals surface area (Å²) in [4.78, 5) is 24.1. The summed E-state index contributed by atoms with van der Waals surface area (Å²) in [6.45, 7) is 4.21. The van der Waals surface area contributed by atoms with Crippen LogP contribution in [0.15, 0.2) is 30.5 Å². The molecule has 0 amide bonds. The molecule has 1 saturated carbocycles. The lowest BCUT2D eigenvalue weighted by molar-refractivity contribution is -0.384. The highest BCUT2D eigenvalue weighted by Gasteiger charge is 2.27. The van der Waals surface area contributed by atoms with Gasteiger partial charge in [-0.3, -0.25) is 15.0 Å². The molecule has 0 radical (unpaired) electrons. The molecule has 9 heteroatoms. The number of hydrogen-bond acceptors (Lipinski definition) is 8.